The Bertz CT molecular complexity index is 671. The number of nitrogens with one attached hydrogen (secondary N) is 2. The van der Waals surface area contributed by atoms with E-state index in [-0.39, 0.29) is 24.3 Å². The molecule has 0 saturated carbocycles. The van der Waals surface area contributed by atoms with Crippen LogP contribution in [0.2, 0.25) is 0 Å². The summed E-state index contributed by atoms with van der Waals surface area (Å²) >= 11 is 0. The molecule has 2 aromatic rings. The summed E-state index contributed by atoms with van der Waals surface area (Å²) in [5.74, 6) is 0.318. The Balaban J connectivity index is 2.06. The van der Waals surface area contributed by atoms with Crippen molar-refractivity contribution in [3.63, 3.8) is 0 Å². The first-order valence-corrected chi connectivity index (χ1v) is 7.34. The van der Waals surface area contributed by atoms with Gasteiger partial charge in [0.2, 0.25) is 11.8 Å². The van der Waals surface area contributed by atoms with Crippen LogP contribution in [0.4, 0.5) is 5.69 Å². The number of carbonyl (C=O) groups is 2. The maximum atomic E-state index is 12.3. The molecule has 5 nitrogen and oxygen atoms in total. The summed E-state index contributed by atoms with van der Waals surface area (Å²) < 4.78 is 5.13. The molecule has 2 aromatic carbocycles. The van der Waals surface area contributed by atoms with Gasteiger partial charge in [-0.25, -0.2) is 0 Å². The van der Waals surface area contributed by atoms with Crippen LogP contribution in [0.3, 0.4) is 0 Å². The fraction of sp³-hybridized carbons (Fsp3) is 0.222. The van der Waals surface area contributed by atoms with E-state index in [0.29, 0.717) is 11.4 Å². The molecule has 1 atom stereocenters. The summed E-state index contributed by atoms with van der Waals surface area (Å²) in [6.07, 6.45) is 0.154. The molecule has 0 bridgehead atoms. The van der Waals surface area contributed by atoms with Crippen LogP contribution in [0.5, 0.6) is 5.75 Å². The number of carbonyl (C=O) groups excluding carboxylic acids is 2. The van der Waals surface area contributed by atoms with Crippen LogP contribution >= 0.6 is 0 Å². The maximum Gasteiger partial charge on any atom is 0.226 e. The third kappa shape index (κ3) is 5.14. The number of rotatable bonds is 6. The van der Waals surface area contributed by atoms with E-state index in [4.69, 9.17) is 4.74 Å². The minimum atomic E-state index is -0.362. The van der Waals surface area contributed by atoms with Crippen LogP contribution in [0.15, 0.2) is 54.6 Å². The predicted octanol–water partition coefficient (Wildman–Crippen LogP) is 2.90. The highest BCUT2D eigenvalue weighted by molar-refractivity contribution is 5.91. The lowest BCUT2D eigenvalue weighted by atomic mass is 10.0. The summed E-state index contributed by atoms with van der Waals surface area (Å²) in [5.41, 5.74) is 1.55. The molecular weight excluding hydrogens is 292 g/mol. The molecule has 5 heteroatoms. The van der Waals surface area contributed by atoms with E-state index in [0.717, 1.165) is 5.56 Å². The summed E-state index contributed by atoms with van der Waals surface area (Å²) in [6, 6.07) is 16.2. The van der Waals surface area contributed by atoms with Crippen molar-refractivity contribution >= 4 is 17.5 Å². The van der Waals surface area contributed by atoms with Crippen molar-refractivity contribution in [2.75, 3.05) is 12.4 Å². The van der Waals surface area contributed by atoms with Crippen molar-refractivity contribution in [1.82, 2.24) is 5.32 Å². The lowest BCUT2D eigenvalue weighted by Crippen LogP contribution is -2.29. The fourth-order valence-electron chi connectivity index (χ4n) is 2.28. The molecule has 120 valence electrons. The lowest BCUT2D eigenvalue weighted by molar-refractivity contribution is -0.120. The molecule has 2 amide bonds. The number of amides is 2. The Hall–Kier alpha value is -2.82. The van der Waals surface area contributed by atoms with E-state index in [1.165, 1.54) is 6.92 Å². The van der Waals surface area contributed by atoms with Gasteiger partial charge in [0.05, 0.1) is 19.6 Å². The summed E-state index contributed by atoms with van der Waals surface area (Å²) in [6.45, 7) is 1.44. The molecule has 0 radical (unpaired) electrons. The Kier molecular flexibility index (Phi) is 5.74. The molecule has 0 aromatic heterocycles. The second kappa shape index (κ2) is 7.98. The van der Waals surface area contributed by atoms with E-state index < -0.39 is 0 Å². The van der Waals surface area contributed by atoms with Crippen molar-refractivity contribution < 1.29 is 14.3 Å². The smallest absolute Gasteiger partial charge is 0.226 e. The lowest BCUT2D eigenvalue weighted by Gasteiger charge is -2.18. The van der Waals surface area contributed by atoms with Crippen molar-refractivity contribution in [2.24, 2.45) is 0 Å². The van der Waals surface area contributed by atoms with E-state index in [1.54, 1.807) is 31.4 Å². The van der Waals surface area contributed by atoms with Crippen LogP contribution in [-0.2, 0) is 9.59 Å². The first kappa shape index (κ1) is 16.5. The first-order valence-electron chi connectivity index (χ1n) is 7.34. The Morgan fingerprint density at radius 2 is 1.83 bits per heavy atom. The van der Waals surface area contributed by atoms with Gasteiger partial charge in [0, 0.05) is 18.7 Å². The molecule has 0 aliphatic rings. The van der Waals surface area contributed by atoms with Gasteiger partial charge in [0.15, 0.2) is 0 Å². The number of benzene rings is 2. The van der Waals surface area contributed by atoms with Crippen LogP contribution < -0.4 is 15.4 Å². The molecular formula is C18H20N2O3. The molecule has 1 unspecified atom stereocenters. The molecule has 0 heterocycles. The maximum absolute atomic E-state index is 12.3. The molecule has 0 fully saturated rings. The monoisotopic (exact) mass is 312 g/mol. The van der Waals surface area contributed by atoms with Crippen LogP contribution in [0.1, 0.15) is 24.9 Å². The van der Waals surface area contributed by atoms with Gasteiger partial charge in [-0.05, 0) is 17.7 Å². The van der Waals surface area contributed by atoms with Crippen LogP contribution in [-0.4, -0.2) is 18.9 Å². The van der Waals surface area contributed by atoms with Gasteiger partial charge in [-0.1, -0.05) is 36.4 Å². The minimum Gasteiger partial charge on any atom is -0.497 e. The molecule has 0 aliphatic heterocycles. The number of hydrogen-bond acceptors (Lipinski definition) is 3. The van der Waals surface area contributed by atoms with Gasteiger partial charge in [0.1, 0.15) is 5.75 Å². The second-order valence-electron chi connectivity index (χ2n) is 5.15. The summed E-state index contributed by atoms with van der Waals surface area (Å²) in [7, 11) is 1.57. The van der Waals surface area contributed by atoms with E-state index in [9.17, 15) is 9.59 Å². The van der Waals surface area contributed by atoms with Gasteiger partial charge < -0.3 is 15.4 Å². The zero-order valence-electron chi connectivity index (χ0n) is 13.2. The van der Waals surface area contributed by atoms with E-state index >= 15 is 0 Å². The van der Waals surface area contributed by atoms with Gasteiger partial charge in [-0.2, -0.15) is 0 Å². The van der Waals surface area contributed by atoms with Crippen molar-refractivity contribution in [1.29, 1.82) is 0 Å². The Morgan fingerprint density at radius 3 is 2.48 bits per heavy atom. The molecule has 0 saturated heterocycles. The van der Waals surface area contributed by atoms with Gasteiger partial charge in [-0.15, -0.1) is 0 Å². The quantitative estimate of drug-likeness (QED) is 0.862. The van der Waals surface area contributed by atoms with Crippen molar-refractivity contribution in [2.45, 2.75) is 19.4 Å². The average molecular weight is 312 g/mol. The van der Waals surface area contributed by atoms with Crippen LogP contribution in [0, 0.1) is 0 Å². The SMILES string of the molecule is COc1cccc(NC(=O)CC(NC(C)=O)c2ccccc2)c1. The molecule has 2 rings (SSSR count). The summed E-state index contributed by atoms with van der Waals surface area (Å²) in [5, 5.41) is 5.63. The van der Waals surface area contributed by atoms with E-state index in [2.05, 4.69) is 10.6 Å². The normalized spacial score (nSPS) is 11.4. The minimum absolute atomic E-state index is 0.154. The number of anilines is 1. The van der Waals surface area contributed by atoms with Crippen LogP contribution in [0.25, 0.3) is 0 Å². The van der Waals surface area contributed by atoms with E-state index in [1.807, 2.05) is 30.3 Å². The highest BCUT2D eigenvalue weighted by atomic mass is 16.5. The highest BCUT2D eigenvalue weighted by Gasteiger charge is 2.17. The third-order valence-corrected chi connectivity index (χ3v) is 3.32. The number of ether oxygens (including phenoxy) is 1. The molecule has 0 spiro atoms. The molecule has 0 aliphatic carbocycles. The van der Waals surface area contributed by atoms with Gasteiger partial charge >= 0.3 is 0 Å². The fourth-order valence-corrected chi connectivity index (χ4v) is 2.28. The standard InChI is InChI=1S/C18H20N2O3/c1-13(21)19-17(14-7-4-3-5-8-14)12-18(22)20-15-9-6-10-16(11-15)23-2/h3-11,17H,12H2,1-2H3,(H,19,21)(H,20,22). The summed E-state index contributed by atoms with van der Waals surface area (Å²) in [4.78, 5) is 23.7. The first-order chi connectivity index (χ1) is 11.1. The third-order valence-electron chi connectivity index (χ3n) is 3.32. The van der Waals surface area contributed by atoms with Gasteiger partial charge in [0.25, 0.3) is 0 Å². The molecule has 23 heavy (non-hydrogen) atoms. The largest absolute Gasteiger partial charge is 0.497 e. The Morgan fingerprint density at radius 1 is 1.09 bits per heavy atom. The average Bonchev–Trinajstić information content (AvgIpc) is 2.54. The Labute approximate surface area is 135 Å². The zero-order chi connectivity index (χ0) is 16.7. The zero-order valence-corrected chi connectivity index (χ0v) is 13.2. The van der Waals surface area contributed by atoms with Gasteiger partial charge in [-0.3, -0.25) is 9.59 Å². The number of hydrogen-bond donors (Lipinski definition) is 2. The second-order valence-corrected chi connectivity index (χ2v) is 5.15. The predicted molar refractivity (Wildman–Crippen MR) is 89.2 cm³/mol. The molecule has 2 N–H and O–H groups in total. The van der Waals surface area contributed by atoms with Crippen molar-refractivity contribution in [3.05, 3.63) is 60.2 Å². The van der Waals surface area contributed by atoms with Crippen molar-refractivity contribution in [3.8, 4) is 5.75 Å². The topological polar surface area (TPSA) is 67.4 Å². The highest BCUT2D eigenvalue weighted by Crippen LogP contribution is 2.20. The number of methoxy groups -OCH3 is 1.